The largest absolute Gasteiger partial charge is 0.322 e. The Morgan fingerprint density at radius 3 is 2.25 bits per heavy atom. The molecule has 0 bridgehead atoms. The van der Waals surface area contributed by atoms with Crippen molar-refractivity contribution in [2.24, 2.45) is 0 Å². The molecule has 7 heteroatoms. The number of hydrogen-bond acceptors (Lipinski definition) is 4. The summed E-state index contributed by atoms with van der Waals surface area (Å²) in [4.78, 5) is 16.4. The fourth-order valence-electron chi connectivity index (χ4n) is 2.19. The number of aromatic nitrogens is 2. The van der Waals surface area contributed by atoms with E-state index in [1.807, 2.05) is 22.9 Å². The normalized spacial score (nSPS) is 11.2. The van der Waals surface area contributed by atoms with Crippen molar-refractivity contribution in [2.75, 3.05) is 11.6 Å². The molecule has 0 unspecified atom stereocenters. The summed E-state index contributed by atoms with van der Waals surface area (Å²) >= 11 is 0. The first-order chi connectivity index (χ1) is 11.4. The van der Waals surface area contributed by atoms with E-state index in [1.54, 1.807) is 24.7 Å². The number of amides is 1. The molecule has 1 aromatic heterocycles. The van der Waals surface area contributed by atoms with Crippen LogP contribution in [0.2, 0.25) is 0 Å². The fraction of sp³-hybridized carbons (Fsp3) is 0.0588. The predicted octanol–water partition coefficient (Wildman–Crippen LogP) is 2.53. The number of nitrogens with zero attached hydrogens (tertiary/aromatic N) is 2. The summed E-state index contributed by atoms with van der Waals surface area (Å²) < 4.78 is 24.7. The predicted molar refractivity (Wildman–Crippen MR) is 91.1 cm³/mol. The molecule has 0 fully saturated rings. The highest BCUT2D eigenvalue weighted by molar-refractivity contribution is 7.90. The van der Waals surface area contributed by atoms with Gasteiger partial charge in [0.05, 0.1) is 11.2 Å². The number of hydrogen-bond donors (Lipinski definition) is 1. The van der Waals surface area contributed by atoms with Crippen LogP contribution in [0.15, 0.2) is 72.1 Å². The maximum absolute atomic E-state index is 12.2. The third kappa shape index (κ3) is 3.52. The first-order valence-corrected chi connectivity index (χ1v) is 9.02. The number of rotatable bonds is 4. The second-order valence-corrected chi connectivity index (χ2v) is 7.28. The van der Waals surface area contributed by atoms with E-state index in [2.05, 4.69) is 10.3 Å². The Morgan fingerprint density at radius 2 is 1.71 bits per heavy atom. The van der Waals surface area contributed by atoms with Gasteiger partial charge in [-0.05, 0) is 48.5 Å². The van der Waals surface area contributed by atoms with Gasteiger partial charge in [0.15, 0.2) is 9.84 Å². The lowest BCUT2D eigenvalue weighted by Crippen LogP contribution is -2.12. The third-order valence-corrected chi connectivity index (χ3v) is 4.60. The number of nitrogens with one attached hydrogen (secondary N) is 1. The Kier molecular flexibility index (Phi) is 4.18. The van der Waals surface area contributed by atoms with Gasteiger partial charge < -0.3 is 9.88 Å². The van der Waals surface area contributed by atoms with Crippen LogP contribution in [0.4, 0.5) is 5.69 Å². The average Bonchev–Trinajstić information content (AvgIpc) is 3.09. The van der Waals surface area contributed by atoms with Gasteiger partial charge in [0.1, 0.15) is 0 Å². The van der Waals surface area contributed by atoms with E-state index >= 15 is 0 Å². The van der Waals surface area contributed by atoms with Gasteiger partial charge in [-0.25, -0.2) is 13.4 Å². The third-order valence-electron chi connectivity index (χ3n) is 3.47. The number of imidazole rings is 1. The van der Waals surface area contributed by atoms with Crippen LogP contribution in [-0.2, 0) is 9.84 Å². The monoisotopic (exact) mass is 341 g/mol. The van der Waals surface area contributed by atoms with Crippen LogP contribution in [-0.4, -0.2) is 30.1 Å². The molecule has 2 aromatic carbocycles. The maximum Gasteiger partial charge on any atom is 0.255 e. The summed E-state index contributed by atoms with van der Waals surface area (Å²) in [6, 6.07) is 13.1. The van der Waals surface area contributed by atoms with E-state index < -0.39 is 9.84 Å². The molecule has 122 valence electrons. The summed E-state index contributed by atoms with van der Waals surface area (Å²) in [5.41, 5.74) is 1.97. The Morgan fingerprint density at radius 1 is 1.04 bits per heavy atom. The molecule has 0 spiro atoms. The molecule has 6 nitrogen and oxygen atoms in total. The number of benzene rings is 2. The van der Waals surface area contributed by atoms with Gasteiger partial charge in [-0.2, -0.15) is 0 Å². The molecule has 0 atom stereocenters. The highest BCUT2D eigenvalue weighted by Gasteiger charge is 2.10. The number of sulfone groups is 1. The minimum absolute atomic E-state index is 0.184. The summed E-state index contributed by atoms with van der Waals surface area (Å²) in [5.74, 6) is -0.301. The topological polar surface area (TPSA) is 81.1 Å². The van der Waals surface area contributed by atoms with Crippen molar-refractivity contribution in [1.29, 1.82) is 0 Å². The average molecular weight is 341 g/mol. The molecule has 3 rings (SSSR count). The van der Waals surface area contributed by atoms with E-state index in [0.29, 0.717) is 11.3 Å². The minimum atomic E-state index is -3.27. The van der Waals surface area contributed by atoms with Gasteiger partial charge >= 0.3 is 0 Å². The fourth-order valence-corrected chi connectivity index (χ4v) is 2.82. The Labute approximate surface area is 139 Å². The van der Waals surface area contributed by atoms with Crippen LogP contribution in [0.5, 0.6) is 0 Å². The van der Waals surface area contributed by atoms with E-state index in [9.17, 15) is 13.2 Å². The molecule has 3 aromatic rings. The molecule has 1 heterocycles. The molecule has 0 aliphatic carbocycles. The quantitative estimate of drug-likeness (QED) is 0.791. The second kappa shape index (κ2) is 6.29. The highest BCUT2D eigenvalue weighted by atomic mass is 32.2. The van der Waals surface area contributed by atoms with Gasteiger partial charge in [0, 0.05) is 35.6 Å². The molecule has 1 amide bonds. The maximum atomic E-state index is 12.2. The van der Waals surface area contributed by atoms with Crippen LogP contribution < -0.4 is 5.32 Å². The smallest absolute Gasteiger partial charge is 0.255 e. The van der Waals surface area contributed by atoms with Crippen molar-refractivity contribution in [3.05, 3.63) is 72.8 Å². The summed E-state index contributed by atoms with van der Waals surface area (Å²) in [7, 11) is -3.27. The highest BCUT2D eigenvalue weighted by Crippen LogP contribution is 2.15. The summed E-state index contributed by atoms with van der Waals surface area (Å²) in [6.45, 7) is 0. The minimum Gasteiger partial charge on any atom is -0.322 e. The van der Waals surface area contributed by atoms with E-state index in [4.69, 9.17) is 0 Å². The molecule has 24 heavy (non-hydrogen) atoms. The Bertz CT molecular complexity index is 945. The summed E-state index contributed by atoms with van der Waals surface area (Å²) in [5, 5.41) is 2.78. The molecular weight excluding hydrogens is 326 g/mol. The van der Waals surface area contributed by atoms with Crippen molar-refractivity contribution < 1.29 is 13.2 Å². The molecule has 0 saturated heterocycles. The molecule has 0 saturated carbocycles. The number of carbonyl (C=O) groups excluding carboxylic acids is 1. The van der Waals surface area contributed by atoms with Crippen LogP contribution in [0.1, 0.15) is 10.4 Å². The lowest BCUT2D eigenvalue weighted by atomic mass is 10.2. The number of anilines is 1. The van der Waals surface area contributed by atoms with Crippen molar-refractivity contribution in [3.8, 4) is 5.69 Å². The zero-order valence-corrected chi connectivity index (χ0v) is 13.7. The van der Waals surface area contributed by atoms with Crippen molar-refractivity contribution in [3.63, 3.8) is 0 Å². The second-order valence-electron chi connectivity index (χ2n) is 5.27. The van der Waals surface area contributed by atoms with Crippen LogP contribution in [0.25, 0.3) is 5.69 Å². The SMILES string of the molecule is CS(=O)(=O)c1ccc(C(=O)Nc2ccc(-n3ccnc3)cc2)cc1. The van der Waals surface area contributed by atoms with Crippen LogP contribution in [0, 0.1) is 0 Å². The van der Waals surface area contributed by atoms with Crippen molar-refractivity contribution in [2.45, 2.75) is 4.90 Å². The first-order valence-electron chi connectivity index (χ1n) is 7.13. The zero-order valence-electron chi connectivity index (χ0n) is 12.9. The van der Waals surface area contributed by atoms with Gasteiger partial charge in [0.2, 0.25) is 0 Å². The molecular formula is C17H15N3O3S. The van der Waals surface area contributed by atoms with Gasteiger partial charge in [-0.15, -0.1) is 0 Å². The number of carbonyl (C=O) groups is 1. The van der Waals surface area contributed by atoms with E-state index in [0.717, 1.165) is 11.9 Å². The van der Waals surface area contributed by atoms with E-state index in [1.165, 1.54) is 24.3 Å². The molecule has 0 aliphatic heterocycles. The lowest BCUT2D eigenvalue weighted by molar-refractivity contribution is 0.102. The molecule has 1 N–H and O–H groups in total. The van der Waals surface area contributed by atoms with Gasteiger partial charge in [-0.1, -0.05) is 0 Å². The first kappa shape index (κ1) is 15.9. The zero-order chi connectivity index (χ0) is 17.2. The standard InChI is InChI=1S/C17H15N3O3S/c1-24(22,23)16-8-2-13(3-9-16)17(21)19-14-4-6-15(7-5-14)20-11-10-18-12-20/h2-12H,1H3,(H,19,21). The molecule has 0 aliphatic rings. The van der Waals surface area contributed by atoms with E-state index in [-0.39, 0.29) is 10.8 Å². The van der Waals surface area contributed by atoms with Gasteiger partial charge in [-0.3, -0.25) is 4.79 Å². The molecule has 0 radical (unpaired) electrons. The lowest BCUT2D eigenvalue weighted by Gasteiger charge is -2.07. The van der Waals surface area contributed by atoms with Crippen LogP contribution in [0.3, 0.4) is 0 Å². The summed E-state index contributed by atoms with van der Waals surface area (Å²) in [6.07, 6.45) is 6.34. The Hall–Kier alpha value is -2.93. The Balaban J connectivity index is 1.73. The van der Waals surface area contributed by atoms with Crippen molar-refractivity contribution in [1.82, 2.24) is 9.55 Å². The van der Waals surface area contributed by atoms with Crippen LogP contribution >= 0.6 is 0 Å². The van der Waals surface area contributed by atoms with Crippen molar-refractivity contribution >= 4 is 21.4 Å². The van der Waals surface area contributed by atoms with Gasteiger partial charge in [0.25, 0.3) is 5.91 Å².